The molecule has 1 aliphatic rings. The Hall–Kier alpha value is -2.15. The van der Waals surface area contributed by atoms with Gasteiger partial charge in [-0.05, 0) is 24.0 Å². The number of anilines is 1. The third-order valence-electron chi connectivity index (χ3n) is 4.41. The molecule has 0 aliphatic carbocycles. The topological polar surface area (TPSA) is 49.2 Å². The predicted octanol–water partition coefficient (Wildman–Crippen LogP) is 3.10. The van der Waals surface area contributed by atoms with Gasteiger partial charge in [0.2, 0.25) is 5.95 Å². The lowest BCUT2D eigenvalue weighted by molar-refractivity contribution is -0.141. The molecule has 1 N–H and O–H groups in total. The molecule has 24 heavy (non-hydrogen) atoms. The molecule has 4 nitrogen and oxygen atoms in total. The SMILES string of the molecule is OC[C@H]1CN(c2nccc(C(F)(F)F)n2)CC[C@H]1c1ccccc1. The minimum absolute atomic E-state index is 0.0327. The van der Waals surface area contributed by atoms with Gasteiger partial charge in [0.15, 0.2) is 0 Å². The van der Waals surface area contributed by atoms with E-state index in [9.17, 15) is 18.3 Å². The van der Waals surface area contributed by atoms with Gasteiger partial charge in [-0.2, -0.15) is 13.2 Å². The van der Waals surface area contributed by atoms with E-state index < -0.39 is 11.9 Å². The van der Waals surface area contributed by atoms with Crippen molar-refractivity contribution in [3.05, 3.63) is 53.9 Å². The van der Waals surface area contributed by atoms with Crippen LogP contribution in [0.2, 0.25) is 0 Å². The Morgan fingerprint density at radius 3 is 2.58 bits per heavy atom. The first-order chi connectivity index (χ1) is 11.5. The first-order valence-corrected chi connectivity index (χ1v) is 7.80. The van der Waals surface area contributed by atoms with Gasteiger partial charge in [-0.1, -0.05) is 30.3 Å². The van der Waals surface area contributed by atoms with Crippen molar-refractivity contribution >= 4 is 5.95 Å². The van der Waals surface area contributed by atoms with E-state index >= 15 is 0 Å². The quantitative estimate of drug-likeness (QED) is 0.935. The Labute approximate surface area is 138 Å². The van der Waals surface area contributed by atoms with Crippen LogP contribution in [-0.2, 0) is 6.18 Å². The Kier molecular flexibility index (Phi) is 4.71. The molecule has 1 fully saturated rings. The molecule has 1 aromatic carbocycles. The van der Waals surface area contributed by atoms with Crippen LogP contribution in [-0.4, -0.2) is 34.8 Å². The maximum Gasteiger partial charge on any atom is 0.433 e. The lowest BCUT2D eigenvalue weighted by Gasteiger charge is -2.38. The molecule has 0 radical (unpaired) electrons. The summed E-state index contributed by atoms with van der Waals surface area (Å²) >= 11 is 0. The van der Waals surface area contributed by atoms with Crippen LogP contribution in [0.3, 0.4) is 0 Å². The van der Waals surface area contributed by atoms with Crippen LogP contribution in [0.1, 0.15) is 23.6 Å². The summed E-state index contributed by atoms with van der Waals surface area (Å²) in [5, 5.41) is 9.72. The second-order valence-corrected chi connectivity index (χ2v) is 5.93. The van der Waals surface area contributed by atoms with E-state index in [1.165, 1.54) is 0 Å². The van der Waals surface area contributed by atoms with Crippen LogP contribution in [0.15, 0.2) is 42.6 Å². The molecule has 0 unspecified atom stereocenters. The summed E-state index contributed by atoms with van der Waals surface area (Å²) in [6.07, 6.45) is -2.63. The zero-order valence-electron chi connectivity index (χ0n) is 12.9. The normalized spacial score (nSPS) is 21.8. The van der Waals surface area contributed by atoms with Crippen LogP contribution >= 0.6 is 0 Å². The van der Waals surface area contributed by atoms with Gasteiger partial charge >= 0.3 is 6.18 Å². The van der Waals surface area contributed by atoms with Crippen molar-refractivity contribution in [3.8, 4) is 0 Å². The number of halogens is 3. The zero-order chi connectivity index (χ0) is 17.2. The third kappa shape index (κ3) is 3.51. The maximum atomic E-state index is 12.8. The smallest absolute Gasteiger partial charge is 0.396 e. The van der Waals surface area contributed by atoms with Crippen molar-refractivity contribution in [2.45, 2.75) is 18.5 Å². The van der Waals surface area contributed by atoms with E-state index in [-0.39, 0.29) is 24.4 Å². The van der Waals surface area contributed by atoms with E-state index in [1.54, 1.807) is 4.90 Å². The molecule has 0 saturated carbocycles. The average molecular weight is 337 g/mol. The zero-order valence-corrected chi connectivity index (χ0v) is 12.9. The van der Waals surface area contributed by atoms with Crippen LogP contribution in [0, 0.1) is 5.92 Å². The Morgan fingerprint density at radius 2 is 1.92 bits per heavy atom. The summed E-state index contributed by atoms with van der Waals surface area (Å²) in [5.74, 6) is 0.173. The van der Waals surface area contributed by atoms with E-state index in [1.807, 2.05) is 30.3 Å². The van der Waals surface area contributed by atoms with Gasteiger partial charge in [0.05, 0.1) is 0 Å². The van der Waals surface area contributed by atoms with Crippen molar-refractivity contribution in [1.29, 1.82) is 0 Å². The maximum absolute atomic E-state index is 12.8. The molecule has 7 heteroatoms. The van der Waals surface area contributed by atoms with Crippen molar-refractivity contribution in [1.82, 2.24) is 9.97 Å². The highest BCUT2D eigenvalue weighted by atomic mass is 19.4. The molecule has 2 atom stereocenters. The van der Waals surface area contributed by atoms with Gasteiger partial charge in [-0.15, -0.1) is 0 Å². The largest absolute Gasteiger partial charge is 0.433 e. The van der Waals surface area contributed by atoms with Crippen LogP contribution in [0.5, 0.6) is 0 Å². The monoisotopic (exact) mass is 337 g/mol. The summed E-state index contributed by atoms with van der Waals surface area (Å²) in [7, 11) is 0. The summed E-state index contributed by atoms with van der Waals surface area (Å²) in [6, 6.07) is 10.7. The highest BCUT2D eigenvalue weighted by Crippen LogP contribution is 2.34. The molecule has 2 aromatic rings. The second-order valence-electron chi connectivity index (χ2n) is 5.93. The Morgan fingerprint density at radius 1 is 1.17 bits per heavy atom. The van der Waals surface area contributed by atoms with E-state index in [0.29, 0.717) is 13.1 Å². The average Bonchev–Trinajstić information content (AvgIpc) is 2.61. The number of rotatable bonds is 3. The molecule has 1 saturated heterocycles. The van der Waals surface area contributed by atoms with Gasteiger partial charge in [-0.3, -0.25) is 0 Å². The fourth-order valence-electron chi connectivity index (χ4n) is 3.20. The Balaban J connectivity index is 1.79. The molecule has 0 bridgehead atoms. The molecule has 0 spiro atoms. The van der Waals surface area contributed by atoms with Gasteiger partial charge in [0, 0.05) is 31.8 Å². The van der Waals surface area contributed by atoms with Gasteiger partial charge in [0.25, 0.3) is 0 Å². The lowest BCUT2D eigenvalue weighted by atomic mass is 9.81. The second kappa shape index (κ2) is 6.76. The minimum Gasteiger partial charge on any atom is -0.396 e. The van der Waals surface area contributed by atoms with Crippen molar-refractivity contribution in [2.24, 2.45) is 5.92 Å². The van der Waals surface area contributed by atoms with E-state index in [4.69, 9.17) is 0 Å². The molecular weight excluding hydrogens is 319 g/mol. The van der Waals surface area contributed by atoms with E-state index in [2.05, 4.69) is 9.97 Å². The van der Waals surface area contributed by atoms with Crippen LogP contribution in [0.25, 0.3) is 0 Å². The highest BCUT2D eigenvalue weighted by molar-refractivity contribution is 5.34. The van der Waals surface area contributed by atoms with Crippen molar-refractivity contribution in [2.75, 3.05) is 24.6 Å². The fraction of sp³-hybridized carbons (Fsp3) is 0.412. The number of piperidine rings is 1. The number of hydrogen-bond donors (Lipinski definition) is 1. The minimum atomic E-state index is -4.49. The van der Waals surface area contributed by atoms with Crippen LogP contribution in [0.4, 0.5) is 19.1 Å². The van der Waals surface area contributed by atoms with E-state index in [0.717, 1.165) is 24.2 Å². The number of nitrogens with zero attached hydrogens (tertiary/aromatic N) is 3. The summed E-state index contributed by atoms with van der Waals surface area (Å²) in [4.78, 5) is 9.34. The Bertz CT molecular complexity index is 678. The van der Waals surface area contributed by atoms with Crippen molar-refractivity contribution < 1.29 is 18.3 Å². The molecule has 0 amide bonds. The fourth-order valence-corrected chi connectivity index (χ4v) is 3.20. The molecule has 3 rings (SSSR count). The van der Waals surface area contributed by atoms with Gasteiger partial charge in [0.1, 0.15) is 5.69 Å². The molecule has 1 aliphatic heterocycles. The molecule has 2 heterocycles. The third-order valence-corrected chi connectivity index (χ3v) is 4.41. The number of aliphatic hydroxyl groups excluding tert-OH is 1. The number of hydrogen-bond acceptors (Lipinski definition) is 4. The molecular formula is C17H18F3N3O. The summed E-state index contributed by atoms with van der Waals surface area (Å²) < 4.78 is 38.4. The first-order valence-electron chi connectivity index (χ1n) is 7.80. The van der Waals surface area contributed by atoms with Gasteiger partial charge in [-0.25, -0.2) is 9.97 Å². The number of alkyl halides is 3. The molecule has 1 aromatic heterocycles. The van der Waals surface area contributed by atoms with Crippen molar-refractivity contribution in [3.63, 3.8) is 0 Å². The predicted molar refractivity (Wildman–Crippen MR) is 83.6 cm³/mol. The number of aliphatic hydroxyl groups is 1. The summed E-state index contributed by atoms with van der Waals surface area (Å²) in [5.41, 5.74) is 0.194. The summed E-state index contributed by atoms with van der Waals surface area (Å²) in [6.45, 7) is 0.948. The molecule has 128 valence electrons. The highest BCUT2D eigenvalue weighted by Gasteiger charge is 2.35. The number of aromatic nitrogens is 2. The van der Waals surface area contributed by atoms with Gasteiger partial charge < -0.3 is 10.0 Å². The lowest BCUT2D eigenvalue weighted by Crippen LogP contribution is -2.42. The standard InChI is InChI=1S/C17H18F3N3O/c18-17(19,20)15-6-8-21-16(22-15)23-9-7-14(13(10-23)11-24)12-4-2-1-3-5-12/h1-6,8,13-14,24H,7,9-11H2/t13-,14+/m1/s1. The van der Waals surface area contributed by atoms with Crippen LogP contribution < -0.4 is 4.90 Å². The first kappa shape index (κ1) is 16.7. The number of benzene rings is 1.